The first-order valence-electron chi connectivity index (χ1n) is 9.14. The summed E-state index contributed by atoms with van der Waals surface area (Å²) in [5.41, 5.74) is 1.79. The van der Waals surface area contributed by atoms with Gasteiger partial charge in [-0.05, 0) is 22.4 Å². The molecule has 29 heavy (non-hydrogen) atoms. The van der Waals surface area contributed by atoms with Crippen LogP contribution in [0.5, 0.6) is 0 Å². The van der Waals surface area contributed by atoms with Crippen molar-refractivity contribution in [3.63, 3.8) is 0 Å². The molecule has 8 nitrogen and oxygen atoms in total. The molecule has 0 unspecified atom stereocenters. The minimum absolute atomic E-state index is 0.0562. The fourth-order valence-electron chi connectivity index (χ4n) is 3.24. The molecule has 1 amide bonds. The maximum atomic E-state index is 12.2. The first kappa shape index (κ1) is 18.4. The number of aromatic nitrogens is 4. The van der Waals surface area contributed by atoms with E-state index in [1.165, 1.54) is 27.7 Å². The maximum absolute atomic E-state index is 12.2. The van der Waals surface area contributed by atoms with Crippen molar-refractivity contribution in [2.75, 3.05) is 5.32 Å². The Hall–Kier alpha value is -3.94. The second kappa shape index (κ2) is 7.97. The van der Waals surface area contributed by atoms with Crippen molar-refractivity contribution in [3.8, 4) is 0 Å². The smallest absolute Gasteiger partial charge is 0.354 e. The number of nitrogens with one attached hydrogen (secondary N) is 1. The maximum Gasteiger partial charge on any atom is 0.354 e. The molecular formula is C21H19N5O3. The highest BCUT2D eigenvalue weighted by atomic mass is 16.4. The van der Waals surface area contributed by atoms with E-state index >= 15 is 0 Å². The van der Waals surface area contributed by atoms with E-state index in [-0.39, 0.29) is 24.6 Å². The van der Waals surface area contributed by atoms with Crippen molar-refractivity contribution >= 4 is 28.3 Å². The van der Waals surface area contributed by atoms with Crippen LogP contribution in [0.2, 0.25) is 0 Å². The van der Waals surface area contributed by atoms with Crippen LogP contribution >= 0.6 is 0 Å². The molecule has 4 rings (SSSR count). The number of rotatable bonds is 7. The van der Waals surface area contributed by atoms with E-state index in [9.17, 15) is 9.59 Å². The number of amides is 1. The predicted octanol–water partition coefficient (Wildman–Crippen LogP) is 3.01. The molecule has 0 aliphatic heterocycles. The number of carbonyl (C=O) groups excluding carboxylic acids is 1. The molecule has 0 saturated carbocycles. The number of hydrogen-bond acceptors (Lipinski definition) is 4. The zero-order valence-electron chi connectivity index (χ0n) is 15.5. The second-order valence-electron chi connectivity index (χ2n) is 6.61. The van der Waals surface area contributed by atoms with Gasteiger partial charge in [0.1, 0.15) is 5.69 Å². The number of aryl methyl sites for hydroxylation is 1. The summed E-state index contributed by atoms with van der Waals surface area (Å²) in [5.74, 6) is -1.31. The molecule has 4 aromatic rings. The van der Waals surface area contributed by atoms with Gasteiger partial charge in [-0.15, -0.1) is 0 Å². The molecule has 2 aromatic carbocycles. The van der Waals surface area contributed by atoms with Crippen LogP contribution in [0.15, 0.2) is 67.1 Å². The van der Waals surface area contributed by atoms with Crippen molar-refractivity contribution in [2.45, 2.75) is 19.5 Å². The number of carboxylic acids is 1. The average Bonchev–Trinajstić information content (AvgIpc) is 3.36. The molecule has 0 fully saturated rings. The van der Waals surface area contributed by atoms with Gasteiger partial charge in [0.05, 0.1) is 25.0 Å². The third kappa shape index (κ3) is 4.16. The summed E-state index contributed by atoms with van der Waals surface area (Å²) in [7, 11) is 0. The van der Waals surface area contributed by atoms with Gasteiger partial charge < -0.3 is 10.4 Å². The molecule has 0 aliphatic carbocycles. The number of nitrogens with zero attached hydrogens (tertiary/aromatic N) is 4. The van der Waals surface area contributed by atoms with Gasteiger partial charge in [-0.2, -0.15) is 10.2 Å². The fraction of sp³-hybridized carbons (Fsp3) is 0.143. The number of carbonyl (C=O) groups is 2. The van der Waals surface area contributed by atoms with Crippen LogP contribution in [0.3, 0.4) is 0 Å². The zero-order valence-corrected chi connectivity index (χ0v) is 15.5. The number of anilines is 1. The number of carboxylic acid groups (broad SMARTS) is 1. The number of aromatic carboxylic acids is 1. The summed E-state index contributed by atoms with van der Waals surface area (Å²) in [6.07, 6.45) is 4.88. The minimum Gasteiger partial charge on any atom is -0.477 e. The van der Waals surface area contributed by atoms with Gasteiger partial charge >= 0.3 is 5.97 Å². The lowest BCUT2D eigenvalue weighted by molar-refractivity contribution is -0.116. The van der Waals surface area contributed by atoms with Crippen LogP contribution in [-0.4, -0.2) is 36.5 Å². The first-order chi connectivity index (χ1) is 14.1. The highest BCUT2D eigenvalue weighted by Crippen LogP contribution is 2.19. The Morgan fingerprint density at radius 3 is 2.72 bits per heavy atom. The fourth-order valence-corrected chi connectivity index (χ4v) is 3.24. The Bertz CT molecular complexity index is 1170. The van der Waals surface area contributed by atoms with Gasteiger partial charge in [0.2, 0.25) is 5.91 Å². The minimum atomic E-state index is -1.07. The lowest BCUT2D eigenvalue weighted by Gasteiger charge is -2.07. The molecular weight excluding hydrogens is 370 g/mol. The molecule has 0 spiro atoms. The SMILES string of the molecule is O=C(CCn1nccc1C(=O)O)Nc1cnn(Cc2cccc3ccccc23)c1. The molecule has 146 valence electrons. The molecule has 8 heteroatoms. The van der Waals surface area contributed by atoms with Crippen molar-refractivity contribution in [3.05, 3.63) is 78.4 Å². The third-order valence-corrected chi connectivity index (χ3v) is 4.62. The topological polar surface area (TPSA) is 102 Å². The van der Waals surface area contributed by atoms with Gasteiger partial charge in [0.25, 0.3) is 0 Å². The van der Waals surface area contributed by atoms with E-state index in [1.807, 2.05) is 18.2 Å². The molecule has 2 heterocycles. The van der Waals surface area contributed by atoms with Gasteiger partial charge in [-0.1, -0.05) is 42.5 Å². The summed E-state index contributed by atoms with van der Waals surface area (Å²) in [4.78, 5) is 23.3. The molecule has 0 bridgehead atoms. The Morgan fingerprint density at radius 2 is 1.86 bits per heavy atom. The lowest BCUT2D eigenvalue weighted by atomic mass is 10.0. The highest BCUT2D eigenvalue weighted by molar-refractivity contribution is 5.90. The van der Waals surface area contributed by atoms with E-state index in [1.54, 1.807) is 17.1 Å². The third-order valence-electron chi connectivity index (χ3n) is 4.62. The Morgan fingerprint density at radius 1 is 1.03 bits per heavy atom. The standard InChI is InChI=1S/C21H19N5O3/c27-20(9-11-26-19(21(28)29)8-10-22-26)24-17-12-23-25(14-17)13-16-6-3-5-15-4-1-2-7-18(15)16/h1-8,10,12,14H,9,11,13H2,(H,24,27)(H,28,29). The second-order valence-corrected chi connectivity index (χ2v) is 6.61. The number of fused-ring (bicyclic) bond motifs is 1. The van der Waals surface area contributed by atoms with Gasteiger partial charge in [0.15, 0.2) is 0 Å². The van der Waals surface area contributed by atoms with Gasteiger partial charge in [-0.3, -0.25) is 14.2 Å². The molecule has 0 saturated heterocycles. The molecule has 2 aromatic heterocycles. The quantitative estimate of drug-likeness (QED) is 0.506. The van der Waals surface area contributed by atoms with Crippen molar-refractivity contribution in [1.29, 1.82) is 0 Å². The summed E-state index contributed by atoms with van der Waals surface area (Å²) >= 11 is 0. The van der Waals surface area contributed by atoms with E-state index < -0.39 is 5.97 Å². The van der Waals surface area contributed by atoms with Crippen molar-refractivity contribution in [1.82, 2.24) is 19.6 Å². The molecule has 0 aliphatic rings. The summed E-state index contributed by atoms with van der Waals surface area (Å²) < 4.78 is 3.07. The van der Waals surface area contributed by atoms with E-state index in [0.717, 1.165) is 5.56 Å². The Labute approximate surface area is 166 Å². The summed E-state index contributed by atoms with van der Waals surface area (Å²) in [6, 6.07) is 15.7. The number of hydrogen-bond donors (Lipinski definition) is 2. The molecule has 0 atom stereocenters. The van der Waals surface area contributed by atoms with Crippen molar-refractivity contribution < 1.29 is 14.7 Å². The summed E-state index contributed by atoms with van der Waals surface area (Å²) in [6.45, 7) is 0.775. The average molecular weight is 389 g/mol. The highest BCUT2D eigenvalue weighted by Gasteiger charge is 2.12. The van der Waals surface area contributed by atoms with Crippen LogP contribution in [0.4, 0.5) is 5.69 Å². The monoisotopic (exact) mass is 389 g/mol. The number of benzene rings is 2. The van der Waals surface area contributed by atoms with Crippen LogP contribution in [0, 0.1) is 0 Å². The first-order valence-corrected chi connectivity index (χ1v) is 9.14. The van der Waals surface area contributed by atoms with E-state index in [2.05, 4.69) is 39.8 Å². The van der Waals surface area contributed by atoms with Crippen LogP contribution in [0.1, 0.15) is 22.5 Å². The Kier molecular flexibility index (Phi) is 5.07. The predicted molar refractivity (Wildman–Crippen MR) is 108 cm³/mol. The lowest BCUT2D eigenvalue weighted by Crippen LogP contribution is -2.17. The largest absolute Gasteiger partial charge is 0.477 e. The zero-order chi connectivity index (χ0) is 20.2. The van der Waals surface area contributed by atoms with Crippen LogP contribution in [0.25, 0.3) is 10.8 Å². The summed E-state index contributed by atoms with van der Waals surface area (Å²) in [5, 5.41) is 22.5. The Balaban J connectivity index is 1.38. The van der Waals surface area contributed by atoms with E-state index in [4.69, 9.17) is 5.11 Å². The molecule has 2 N–H and O–H groups in total. The van der Waals surface area contributed by atoms with Crippen molar-refractivity contribution in [2.24, 2.45) is 0 Å². The van der Waals surface area contributed by atoms with Crippen LogP contribution < -0.4 is 5.32 Å². The van der Waals surface area contributed by atoms with Crippen LogP contribution in [-0.2, 0) is 17.9 Å². The molecule has 0 radical (unpaired) electrons. The van der Waals surface area contributed by atoms with Gasteiger partial charge in [-0.25, -0.2) is 4.79 Å². The van der Waals surface area contributed by atoms with Gasteiger partial charge in [0, 0.05) is 18.8 Å². The van der Waals surface area contributed by atoms with E-state index in [0.29, 0.717) is 12.2 Å². The normalized spacial score (nSPS) is 10.9.